The van der Waals surface area contributed by atoms with Gasteiger partial charge in [-0.25, -0.2) is 0 Å². The van der Waals surface area contributed by atoms with Crippen molar-refractivity contribution in [2.45, 2.75) is 6.92 Å². The Morgan fingerprint density at radius 3 is 1.22 bits per heavy atom. The van der Waals surface area contributed by atoms with Crippen molar-refractivity contribution in [2.75, 3.05) is 0 Å². The van der Waals surface area contributed by atoms with Gasteiger partial charge in [0.25, 0.3) is 0 Å². The second-order valence-corrected chi connectivity index (χ2v) is 18.6. The Labute approximate surface area is 413 Å². The van der Waals surface area contributed by atoms with Gasteiger partial charge in [-0.1, -0.05) is 190 Å². The number of fused-ring (bicyclic) bond motifs is 6. The molecule has 0 aliphatic carbocycles. The predicted octanol–water partition coefficient (Wildman–Crippen LogP) is 15.8. The maximum Gasteiger partial charge on any atom is 0.488 e. The lowest BCUT2D eigenvalue weighted by atomic mass is 9.80. The smallest absolute Gasteiger partial charge is 0.423 e. The van der Waals surface area contributed by atoms with Crippen LogP contribution in [0.1, 0.15) is 5.56 Å². The molecule has 2 N–H and O–H groups in total. The van der Waals surface area contributed by atoms with E-state index in [2.05, 4.69) is 236 Å². The molecule has 0 saturated carbocycles. The summed E-state index contributed by atoms with van der Waals surface area (Å²) in [5.41, 5.74) is 16.0. The van der Waals surface area contributed by atoms with Crippen molar-refractivity contribution in [2.24, 2.45) is 0 Å². The monoisotopic (exact) mass is 1010 g/mol. The molecule has 0 aliphatic rings. The van der Waals surface area contributed by atoms with Crippen molar-refractivity contribution in [1.29, 1.82) is 0 Å². The highest BCUT2D eigenvalue weighted by atomic mass is 79.9. The van der Waals surface area contributed by atoms with Gasteiger partial charge in [0.05, 0.1) is 22.1 Å². The van der Waals surface area contributed by atoms with E-state index in [0.717, 1.165) is 36.4 Å². The third kappa shape index (κ3) is 9.35. The molecule has 0 radical (unpaired) electrons. The fraction of sp³-hybridized carbons (Fsp3) is 0.0164. The molecule has 2 aromatic heterocycles. The lowest BCUT2D eigenvalue weighted by Crippen LogP contribution is -2.29. The average Bonchev–Trinajstić information content (AvgIpc) is 3.89. The van der Waals surface area contributed by atoms with E-state index in [4.69, 9.17) is 0 Å². The lowest BCUT2D eigenvalue weighted by molar-refractivity contribution is 0.426. The molecule has 10 aromatic carbocycles. The van der Waals surface area contributed by atoms with Gasteiger partial charge in [-0.3, -0.25) is 0 Å². The number of aromatic nitrogens is 2. The lowest BCUT2D eigenvalue weighted by Gasteiger charge is -2.10. The largest absolute Gasteiger partial charge is 0.488 e. The van der Waals surface area contributed by atoms with Crippen LogP contribution in [-0.4, -0.2) is 26.3 Å². The summed E-state index contributed by atoms with van der Waals surface area (Å²) in [4.78, 5) is 0. The second kappa shape index (κ2) is 19.9. The Hall–Kier alpha value is -7.26. The van der Waals surface area contributed by atoms with Crippen molar-refractivity contribution < 1.29 is 10.0 Å². The van der Waals surface area contributed by atoms with Gasteiger partial charge in [-0.05, 0) is 136 Å². The summed E-state index contributed by atoms with van der Waals surface area (Å²) in [6.07, 6.45) is 0. The van der Waals surface area contributed by atoms with Gasteiger partial charge in [0.15, 0.2) is 0 Å². The zero-order valence-corrected chi connectivity index (χ0v) is 40.4. The molecule has 2 heterocycles. The van der Waals surface area contributed by atoms with Crippen LogP contribution >= 0.6 is 31.9 Å². The van der Waals surface area contributed by atoms with Crippen molar-refractivity contribution in [3.63, 3.8) is 0 Å². The van der Waals surface area contributed by atoms with E-state index in [-0.39, 0.29) is 0 Å². The Kier molecular flexibility index (Phi) is 13.1. The summed E-state index contributed by atoms with van der Waals surface area (Å²) in [5.74, 6) is 0. The van der Waals surface area contributed by atoms with E-state index < -0.39 is 7.12 Å². The molecule has 0 unspecified atom stereocenters. The van der Waals surface area contributed by atoms with Gasteiger partial charge in [-0.2, -0.15) is 0 Å². The third-order valence-electron chi connectivity index (χ3n) is 12.2. The van der Waals surface area contributed by atoms with E-state index in [1.54, 1.807) is 6.07 Å². The maximum atomic E-state index is 9.43. The molecule has 0 bridgehead atoms. The van der Waals surface area contributed by atoms with Crippen LogP contribution in [0, 0.1) is 6.92 Å². The fourth-order valence-electron chi connectivity index (χ4n) is 9.10. The van der Waals surface area contributed by atoms with Gasteiger partial charge >= 0.3 is 7.12 Å². The molecule has 0 spiro atoms. The van der Waals surface area contributed by atoms with Crippen molar-refractivity contribution in [3.8, 4) is 44.8 Å². The molecular formula is C61H45BBr2N2O2. The highest BCUT2D eigenvalue weighted by Gasteiger charge is 2.17. The number of aryl methyl sites for hydroxylation is 1. The van der Waals surface area contributed by atoms with Gasteiger partial charge in [0.1, 0.15) is 0 Å². The van der Waals surface area contributed by atoms with Gasteiger partial charge in [0, 0.05) is 41.9 Å². The van der Waals surface area contributed by atoms with E-state index in [0.29, 0.717) is 5.46 Å². The second-order valence-electron chi connectivity index (χ2n) is 16.7. The summed E-state index contributed by atoms with van der Waals surface area (Å²) in [6.45, 7) is 2.11. The first-order valence-corrected chi connectivity index (χ1v) is 24.1. The number of halogens is 2. The summed E-state index contributed by atoms with van der Waals surface area (Å²) < 4.78 is 6.76. The Morgan fingerprint density at radius 2 is 0.721 bits per heavy atom. The van der Waals surface area contributed by atoms with Crippen molar-refractivity contribution in [3.05, 3.63) is 257 Å². The quantitative estimate of drug-likeness (QED) is 0.163. The minimum Gasteiger partial charge on any atom is -0.423 e. The Morgan fingerprint density at radius 1 is 0.324 bits per heavy atom. The molecule has 0 atom stereocenters. The SMILES string of the molecule is Brc1cc(-c2ccccc2)cc(-c2ccc3c(c2)c2ccccc2n3-c2ccccc2)c1.Cc1cc(Br)cc(-c2ccccc2)c1.OB(O)c1ccc2c(c1)c1ccccc1n2-c1ccccc1. The predicted molar refractivity (Wildman–Crippen MR) is 294 cm³/mol. The number of para-hydroxylation sites is 4. The highest BCUT2D eigenvalue weighted by Crippen LogP contribution is 2.37. The zero-order chi connectivity index (χ0) is 46.6. The fourth-order valence-corrected chi connectivity index (χ4v) is 10.2. The number of rotatable bonds is 6. The molecule has 0 saturated heterocycles. The van der Waals surface area contributed by atoms with Gasteiger partial charge < -0.3 is 19.2 Å². The van der Waals surface area contributed by atoms with Gasteiger partial charge in [0.2, 0.25) is 0 Å². The Bertz CT molecular complexity index is 3670. The number of nitrogens with zero attached hydrogens (tertiary/aromatic N) is 2. The topological polar surface area (TPSA) is 50.3 Å². The van der Waals surface area contributed by atoms with Crippen LogP contribution in [0.15, 0.2) is 252 Å². The first-order valence-electron chi connectivity index (χ1n) is 22.5. The standard InChI is InChI=1S/C30H20BrN.C18H14BNO2.C13H11Br/c31-25-18-23(21-9-3-1-4-10-21)17-24(19-25)22-15-16-30-28(20-22)27-13-7-8-14-29(27)32(30)26-11-5-2-6-12-26;21-19(22)13-10-11-18-16(12-13)15-8-4-5-9-17(15)20(18)14-6-2-1-3-7-14;1-10-7-12(9-13(14)8-10)11-5-3-2-4-6-11/h1-20H;1-12,21-22H;2-9H,1H3. The molecule has 0 fully saturated rings. The van der Waals surface area contributed by atoms with E-state index in [1.165, 1.54) is 66.4 Å². The zero-order valence-electron chi connectivity index (χ0n) is 37.2. The summed E-state index contributed by atoms with van der Waals surface area (Å²) in [5, 5.41) is 23.5. The van der Waals surface area contributed by atoms with Crippen molar-refractivity contribution in [1.82, 2.24) is 9.13 Å². The third-order valence-corrected chi connectivity index (χ3v) is 13.1. The molecule has 12 rings (SSSR count). The minimum absolute atomic E-state index is 0.503. The molecular weight excluding hydrogens is 963 g/mol. The molecule has 12 aromatic rings. The summed E-state index contributed by atoms with van der Waals surface area (Å²) in [6, 6.07) is 84.0. The minimum atomic E-state index is -1.46. The molecule has 0 amide bonds. The van der Waals surface area contributed by atoms with Crippen LogP contribution in [0.5, 0.6) is 0 Å². The van der Waals surface area contributed by atoms with Crippen molar-refractivity contribution >= 4 is 88.1 Å². The summed E-state index contributed by atoms with van der Waals surface area (Å²) >= 11 is 7.24. The first kappa shape index (κ1) is 44.6. The number of benzene rings is 10. The van der Waals surface area contributed by atoms with Crippen LogP contribution in [0.25, 0.3) is 88.4 Å². The van der Waals surface area contributed by atoms with Crippen LogP contribution in [0.2, 0.25) is 0 Å². The molecule has 7 heteroatoms. The molecule has 328 valence electrons. The normalized spacial score (nSPS) is 11.0. The highest BCUT2D eigenvalue weighted by molar-refractivity contribution is 9.10. The van der Waals surface area contributed by atoms with E-state index >= 15 is 0 Å². The number of hydrogen-bond acceptors (Lipinski definition) is 2. The van der Waals surface area contributed by atoms with Crippen LogP contribution in [0.3, 0.4) is 0 Å². The van der Waals surface area contributed by atoms with E-state index in [9.17, 15) is 10.0 Å². The Balaban J connectivity index is 0.000000129. The van der Waals surface area contributed by atoms with E-state index in [1.807, 2.05) is 48.5 Å². The average molecular weight is 1010 g/mol. The summed E-state index contributed by atoms with van der Waals surface area (Å²) in [7, 11) is -1.46. The van der Waals surface area contributed by atoms with Crippen LogP contribution in [-0.2, 0) is 0 Å². The first-order chi connectivity index (χ1) is 33.3. The van der Waals surface area contributed by atoms with Crippen LogP contribution in [0.4, 0.5) is 0 Å². The van der Waals surface area contributed by atoms with Gasteiger partial charge in [-0.15, -0.1) is 0 Å². The molecule has 4 nitrogen and oxygen atoms in total. The number of hydrogen-bond donors (Lipinski definition) is 2. The molecule has 68 heavy (non-hydrogen) atoms. The van der Waals surface area contributed by atoms with Crippen LogP contribution < -0.4 is 5.46 Å². The molecule has 0 aliphatic heterocycles. The maximum absolute atomic E-state index is 9.43.